The summed E-state index contributed by atoms with van der Waals surface area (Å²) in [6, 6.07) is 7.92. The molecule has 0 aliphatic rings. The number of nitrogens with two attached hydrogens (primary N) is 2. The van der Waals surface area contributed by atoms with E-state index < -0.39 is 0 Å². The van der Waals surface area contributed by atoms with E-state index in [1.54, 1.807) is 7.11 Å². The van der Waals surface area contributed by atoms with E-state index in [0.29, 0.717) is 12.5 Å². The van der Waals surface area contributed by atoms with E-state index >= 15 is 0 Å². The van der Waals surface area contributed by atoms with Crippen LogP contribution in [0.2, 0.25) is 0 Å². The SMILES string of the molecule is COc1cccc(C(N)CC(C)CN)c1. The first-order valence-electron chi connectivity index (χ1n) is 5.27. The van der Waals surface area contributed by atoms with E-state index in [2.05, 4.69) is 6.92 Å². The molecule has 0 amide bonds. The minimum Gasteiger partial charge on any atom is -0.497 e. The van der Waals surface area contributed by atoms with Crippen molar-refractivity contribution in [3.05, 3.63) is 29.8 Å². The van der Waals surface area contributed by atoms with Crippen LogP contribution in [0.4, 0.5) is 0 Å². The third-order valence-corrected chi connectivity index (χ3v) is 2.58. The molecule has 0 aliphatic carbocycles. The van der Waals surface area contributed by atoms with Crippen molar-refractivity contribution in [2.45, 2.75) is 19.4 Å². The van der Waals surface area contributed by atoms with Crippen LogP contribution in [-0.2, 0) is 0 Å². The molecule has 0 aliphatic heterocycles. The molecule has 0 radical (unpaired) electrons. The number of hydrogen-bond donors (Lipinski definition) is 2. The van der Waals surface area contributed by atoms with Crippen molar-refractivity contribution in [2.75, 3.05) is 13.7 Å². The highest BCUT2D eigenvalue weighted by Crippen LogP contribution is 2.22. The molecular weight excluding hydrogens is 188 g/mol. The van der Waals surface area contributed by atoms with Gasteiger partial charge in [0.25, 0.3) is 0 Å². The van der Waals surface area contributed by atoms with Gasteiger partial charge in [0.2, 0.25) is 0 Å². The number of hydrogen-bond acceptors (Lipinski definition) is 3. The van der Waals surface area contributed by atoms with E-state index in [4.69, 9.17) is 16.2 Å². The summed E-state index contributed by atoms with van der Waals surface area (Å²) in [5, 5.41) is 0. The molecule has 3 nitrogen and oxygen atoms in total. The second kappa shape index (κ2) is 5.73. The van der Waals surface area contributed by atoms with Gasteiger partial charge >= 0.3 is 0 Å². The molecule has 2 unspecified atom stereocenters. The molecule has 3 heteroatoms. The fourth-order valence-electron chi connectivity index (χ4n) is 1.54. The highest BCUT2D eigenvalue weighted by atomic mass is 16.5. The van der Waals surface area contributed by atoms with Crippen LogP contribution in [0.1, 0.15) is 24.9 Å². The first-order valence-corrected chi connectivity index (χ1v) is 5.27. The predicted molar refractivity (Wildman–Crippen MR) is 62.8 cm³/mol. The zero-order chi connectivity index (χ0) is 11.3. The number of rotatable bonds is 5. The second-order valence-electron chi connectivity index (χ2n) is 3.96. The Bertz CT molecular complexity index is 301. The summed E-state index contributed by atoms with van der Waals surface area (Å²) in [5.74, 6) is 1.30. The van der Waals surface area contributed by atoms with Crippen LogP contribution in [-0.4, -0.2) is 13.7 Å². The van der Waals surface area contributed by atoms with Gasteiger partial charge in [0.05, 0.1) is 7.11 Å². The van der Waals surface area contributed by atoms with Gasteiger partial charge < -0.3 is 16.2 Å². The van der Waals surface area contributed by atoms with Gasteiger partial charge in [0.15, 0.2) is 0 Å². The lowest BCUT2D eigenvalue weighted by Gasteiger charge is -2.16. The van der Waals surface area contributed by atoms with Crippen LogP contribution < -0.4 is 16.2 Å². The van der Waals surface area contributed by atoms with Gasteiger partial charge in [0.1, 0.15) is 5.75 Å². The van der Waals surface area contributed by atoms with Crippen molar-refractivity contribution in [1.82, 2.24) is 0 Å². The maximum atomic E-state index is 6.08. The molecule has 1 aromatic rings. The molecule has 0 spiro atoms. The normalized spacial score (nSPS) is 14.7. The molecule has 0 bridgehead atoms. The van der Waals surface area contributed by atoms with Crippen LogP contribution in [0.5, 0.6) is 5.75 Å². The van der Waals surface area contributed by atoms with Gasteiger partial charge in [-0.15, -0.1) is 0 Å². The Labute approximate surface area is 91.4 Å². The zero-order valence-corrected chi connectivity index (χ0v) is 9.44. The molecule has 0 heterocycles. The Morgan fingerprint density at radius 3 is 2.73 bits per heavy atom. The van der Waals surface area contributed by atoms with E-state index in [1.807, 2.05) is 24.3 Å². The smallest absolute Gasteiger partial charge is 0.119 e. The lowest BCUT2D eigenvalue weighted by molar-refractivity contribution is 0.412. The summed E-state index contributed by atoms with van der Waals surface area (Å²) in [7, 11) is 1.66. The predicted octanol–water partition coefficient (Wildman–Crippen LogP) is 1.68. The lowest BCUT2D eigenvalue weighted by Crippen LogP contribution is -2.19. The summed E-state index contributed by atoms with van der Waals surface area (Å²) in [6.07, 6.45) is 0.906. The minimum atomic E-state index is 0.0404. The molecule has 1 rings (SSSR count). The maximum Gasteiger partial charge on any atom is 0.119 e. The number of benzene rings is 1. The van der Waals surface area contributed by atoms with Crippen LogP contribution in [0.25, 0.3) is 0 Å². The van der Waals surface area contributed by atoms with E-state index in [9.17, 15) is 0 Å². The van der Waals surface area contributed by atoms with Crippen molar-refractivity contribution < 1.29 is 4.74 Å². The molecule has 15 heavy (non-hydrogen) atoms. The standard InChI is InChI=1S/C12H20N2O/c1-9(8-13)6-12(14)10-4-3-5-11(7-10)15-2/h3-5,7,9,12H,6,8,13-14H2,1-2H3. The molecule has 0 aromatic heterocycles. The van der Waals surface area contributed by atoms with Crippen LogP contribution in [0, 0.1) is 5.92 Å². The fraction of sp³-hybridized carbons (Fsp3) is 0.500. The number of ether oxygens (including phenoxy) is 1. The fourth-order valence-corrected chi connectivity index (χ4v) is 1.54. The van der Waals surface area contributed by atoms with Crippen LogP contribution in [0.15, 0.2) is 24.3 Å². The Hall–Kier alpha value is -1.06. The Morgan fingerprint density at radius 1 is 1.40 bits per heavy atom. The van der Waals surface area contributed by atoms with E-state index in [1.165, 1.54) is 0 Å². The van der Waals surface area contributed by atoms with Crippen molar-refractivity contribution >= 4 is 0 Å². The Morgan fingerprint density at radius 2 is 2.13 bits per heavy atom. The Kier molecular flexibility index (Phi) is 4.59. The van der Waals surface area contributed by atoms with Crippen molar-refractivity contribution in [3.63, 3.8) is 0 Å². The van der Waals surface area contributed by atoms with Gasteiger partial charge in [-0.1, -0.05) is 19.1 Å². The summed E-state index contributed by atoms with van der Waals surface area (Å²) >= 11 is 0. The summed E-state index contributed by atoms with van der Waals surface area (Å²) in [4.78, 5) is 0. The molecular formula is C12H20N2O. The largest absolute Gasteiger partial charge is 0.497 e. The highest BCUT2D eigenvalue weighted by Gasteiger charge is 2.10. The van der Waals surface area contributed by atoms with Gasteiger partial charge in [-0.05, 0) is 36.6 Å². The van der Waals surface area contributed by atoms with Gasteiger partial charge in [-0.2, -0.15) is 0 Å². The summed E-state index contributed by atoms with van der Waals surface area (Å²) < 4.78 is 5.16. The minimum absolute atomic E-state index is 0.0404. The average molecular weight is 208 g/mol. The molecule has 0 saturated heterocycles. The molecule has 1 aromatic carbocycles. The lowest BCUT2D eigenvalue weighted by atomic mass is 9.96. The van der Waals surface area contributed by atoms with Gasteiger partial charge in [-0.3, -0.25) is 0 Å². The van der Waals surface area contributed by atoms with Gasteiger partial charge in [0, 0.05) is 6.04 Å². The van der Waals surface area contributed by atoms with Crippen LogP contribution in [0.3, 0.4) is 0 Å². The highest BCUT2D eigenvalue weighted by molar-refractivity contribution is 5.30. The van der Waals surface area contributed by atoms with Crippen molar-refractivity contribution in [2.24, 2.45) is 17.4 Å². The van der Waals surface area contributed by atoms with E-state index in [0.717, 1.165) is 17.7 Å². The monoisotopic (exact) mass is 208 g/mol. The molecule has 4 N–H and O–H groups in total. The second-order valence-corrected chi connectivity index (χ2v) is 3.96. The third-order valence-electron chi connectivity index (χ3n) is 2.58. The van der Waals surface area contributed by atoms with Gasteiger partial charge in [-0.25, -0.2) is 0 Å². The molecule has 2 atom stereocenters. The summed E-state index contributed by atoms with van der Waals surface area (Å²) in [6.45, 7) is 2.79. The molecule has 0 fully saturated rings. The Balaban J connectivity index is 2.68. The third kappa shape index (κ3) is 3.53. The first-order chi connectivity index (χ1) is 7.17. The number of methoxy groups -OCH3 is 1. The average Bonchev–Trinajstić information content (AvgIpc) is 2.28. The molecule has 0 saturated carbocycles. The summed E-state index contributed by atoms with van der Waals surface area (Å²) in [5.41, 5.74) is 12.8. The van der Waals surface area contributed by atoms with Crippen molar-refractivity contribution in [1.29, 1.82) is 0 Å². The van der Waals surface area contributed by atoms with Crippen molar-refractivity contribution in [3.8, 4) is 5.75 Å². The zero-order valence-electron chi connectivity index (χ0n) is 9.44. The topological polar surface area (TPSA) is 61.3 Å². The first kappa shape index (κ1) is 12.0. The maximum absolute atomic E-state index is 6.08. The van der Waals surface area contributed by atoms with E-state index in [-0.39, 0.29) is 6.04 Å². The molecule has 84 valence electrons. The van der Waals surface area contributed by atoms with Crippen LogP contribution >= 0.6 is 0 Å². The quantitative estimate of drug-likeness (QED) is 0.774.